The van der Waals surface area contributed by atoms with Crippen LogP contribution in [0.4, 0.5) is 4.79 Å². The summed E-state index contributed by atoms with van der Waals surface area (Å²) in [6, 6.07) is 11.3. The van der Waals surface area contributed by atoms with E-state index in [9.17, 15) is 14.7 Å². The summed E-state index contributed by atoms with van der Waals surface area (Å²) in [6.45, 7) is 2.20. The standard InChI is InChI=1S/C19H20N2O4S.H2O/c1-12(22)14-4-5-15(20-11-14)8-9-25-16-6-2-13(3-7-16)10-17-18(23)21-19(24)26-17;/h2-7,11-12,17,22H,8-10H2,1H3,(H,21,23,24);1H2. The Morgan fingerprint density at radius 2 is 1.96 bits per heavy atom. The van der Waals surface area contributed by atoms with Gasteiger partial charge in [0.05, 0.1) is 18.0 Å². The van der Waals surface area contributed by atoms with Gasteiger partial charge < -0.3 is 15.3 Å². The summed E-state index contributed by atoms with van der Waals surface area (Å²) in [5.74, 6) is 0.517. The predicted molar refractivity (Wildman–Crippen MR) is 103 cm³/mol. The Balaban J connectivity index is 0.00000261. The summed E-state index contributed by atoms with van der Waals surface area (Å²) in [6.07, 6.45) is 2.35. The van der Waals surface area contributed by atoms with E-state index >= 15 is 0 Å². The molecule has 7 nitrogen and oxygen atoms in total. The SMILES string of the molecule is CC(O)c1ccc(CCOc2ccc(CC3SC(=O)NC3=O)cc2)nc1.O. The zero-order valence-corrected chi connectivity index (χ0v) is 15.7. The molecule has 1 aromatic carbocycles. The van der Waals surface area contributed by atoms with Crippen molar-refractivity contribution in [1.82, 2.24) is 10.3 Å². The number of thioether (sulfide) groups is 1. The quantitative estimate of drug-likeness (QED) is 0.744. The minimum Gasteiger partial charge on any atom is -0.493 e. The second-order valence-corrected chi connectivity index (χ2v) is 7.26. The van der Waals surface area contributed by atoms with Crippen LogP contribution in [0.2, 0.25) is 0 Å². The normalized spacial score (nSPS) is 17.2. The van der Waals surface area contributed by atoms with Crippen molar-refractivity contribution in [2.24, 2.45) is 0 Å². The van der Waals surface area contributed by atoms with Gasteiger partial charge in [0.2, 0.25) is 5.91 Å². The number of aliphatic hydroxyl groups excluding tert-OH is 1. The number of hydrogen-bond donors (Lipinski definition) is 2. The summed E-state index contributed by atoms with van der Waals surface area (Å²) in [5, 5.41) is 11.1. The third kappa shape index (κ3) is 5.78. The van der Waals surface area contributed by atoms with Crippen LogP contribution < -0.4 is 10.1 Å². The van der Waals surface area contributed by atoms with Gasteiger partial charge in [-0.2, -0.15) is 0 Å². The Hall–Kier alpha value is -2.42. The van der Waals surface area contributed by atoms with E-state index < -0.39 is 6.10 Å². The van der Waals surface area contributed by atoms with E-state index in [1.54, 1.807) is 13.1 Å². The van der Waals surface area contributed by atoms with Crippen molar-refractivity contribution in [2.45, 2.75) is 31.1 Å². The number of pyridine rings is 1. The van der Waals surface area contributed by atoms with Gasteiger partial charge >= 0.3 is 0 Å². The molecular weight excluding hydrogens is 368 g/mol. The van der Waals surface area contributed by atoms with Crippen LogP contribution in [0.5, 0.6) is 5.75 Å². The van der Waals surface area contributed by atoms with Crippen LogP contribution in [-0.2, 0) is 17.6 Å². The zero-order chi connectivity index (χ0) is 18.5. The number of rotatable bonds is 7. The van der Waals surface area contributed by atoms with E-state index in [-0.39, 0.29) is 21.9 Å². The highest BCUT2D eigenvalue weighted by molar-refractivity contribution is 8.15. The first-order chi connectivity index (χ1) is 12.5. The second kappa shape index (κ2) is 9.50. The first kappa shape index (κ1) is 20.9. The third-order valence-electron chi connectivity index (χ3n) is 4.07. The molecule has 1 aliphatic rings. The number of benzene rings is 1. The largest absolute Gasteiger partial charge is 0.493 e. The fourth-order valence-corrected chi connectivity index (χ4v) is 3.43. The van der Waals surface area contributed by atoms with Crippen molar-refractivity contribution in [1.29, 1.82) is 0 Å². The number of carbonyl (C=O) groups excluding carboxylic acids is 2. The lowest BCUT2D eigenvalue weighted by Crippen LogP contribution is -2.25. The molecule has 0 bridgehead atoms. The van der Waals surface area contributed by atoms with E-state index in [0.29, 0.717) is 19.4 Å². The molecule has 1 fully saturated rings. The third-order valence-corrected chi connectivity index (χ3v) is 5.05. The topological polar surface area (TPSA) is 120 Å². The number of carbonyl (C=O) groups is 2. The average Bonchev–Trinajstić information content (AvgIpc) is 2.94. The van der Waals surface area contributed by atoms with Gasteiger partial charge in [0.25, 0.3) is 5.24 Å². The Morgan fingerprint density at radius 1 is 1.22 bits per heavy atom. The molecule has 8 heteroatoms. The van der Waals surface area contributed by atoms with Crippen LogP contribution in [-0.4, -0.2) is 38.6 Å². The molecule has 2 heterocycles. The van der Waals surface area contributed by atoms with Crippen LogP contribution in [0.1, 0.15) is 29.8 Å². The number of imide groups is 1. The summed E-state index contributed by atoms with van der Waals surface area (Å²) in [7, 11) is 0. The molecule has 1 aliphatic heterocycles. The number of aromatic nitrogens is 1. The van der Waals surface area contributed by atoms with Gasteiger partial charge in [0.1, 0.15) is 5.75 Å². The number of hydrogen-bond acceptors (Lipinski definition) is 6. The number of nitrogens with one attached hydrogen (secondary N) is 1. The monoisotopic (exact) mass is 390 g/mol. The molecule has 27 heavy (non-hydrogen) atoms. The van der Waals surface area contributed by atoms with E-state index in [4.69, 9.17) is 4.74 Å². The Labute approximate surface area is 161 Å². The molecule has 3 rings (SSSR count). The highest BCUT2D eigenvalue weighted by atomic mass is 32.2. The molecule has 1 saturated heterocycles. The molecule has 0 spiro atoms. The van der Waals surface area contributed by atoms with Gasteiger partial charge in [0.15, 0.2) is 0 Å². The summed E-state index contributed by atoms with van der Waals surface area (Å²) in [4.78, 5) is 27.1. The van der Waals surface area contributed by atoms with Crippen LogP contribution in [0.25, 0.3) is 0 Å². The van der Waals surface area contributed by atoms with Crippen molar-refractivity contribution in [3.8, 4) is 5.75 Å². The van der Waals surface area contributed by atoms with Crippen LogP contribution >= 0.6 is 11.8 Å². The summed E-state index contributed by atoms with van der Waals surface area (Å²) >= 11 is 1.03. The van der Waals surface area contributed by atoms with E-state index in [1.807, 2.05) is 36.4 Å². The van der Waals surface area contributed by atoms with Gasteiger partial charge in [-0.1, -0.05) is 30.0 Å². The second-order valence-electron chi connectivity index (χ2n) is 6.09. The maximum atomic E-state index is 11.6. The Kier molecular flexibility index (Phi) is 7.35. The van der Waals surface area contributed by atoms with E-state index in [1.165, 1.54) is 0 Å². The predicted octanol–water partition coefficient (Wildman–Crippen LogP) is 1.83. The Morgan fingerprint density at radius 3 is 2.52 bits per heavy atom. The van der Waals surface area contributed by atoms with Gasteiger partial charge in [0, 0.05) is 18.3 Å². The number of nitrogens with zero attached hydrogens (tertiary/aromatic N) is 1. The van der Waals surface area contributed by atoms with Crippen molar-refractivity contribution in [3.63, 3.8) is 0 Å². The average molecular weight is 390 g/mol. The molecule has 4 N–H and O–H groups in total. The molecule has 2 aromatic rings. The fourth-order valence-electron chi connectivity index (χ4n) is 2.57. The molecule has 2 atom stereocenters. The molecule has 1 aromatic heterocycles. The Bertz CT molecular complexity index is 778. The molecule has 0 aliphatic carbocycles. The van der Waals surface area contributed by atoms with Gasteiger partial charge in [-0.3, -0.25) is 19.9 Å². The lowest BCUT2D eigenvalue weighted by molar-refractivity contribution is -0.118. The van der Waals surface area contributed by atoms with E-state index in [0.717, 1.165) is 34.3 Å². The molecule has 0 saturated carbocycles. The molecule has 144 valence electrons. The van der Waals surface area contributed by atoms with Crippen LogP contribution in [0.15, 0.2) is 42.6 Å². The van der Waals surface area contributed by atoms with Gasteiger partial charge in [-0.15, -0.1) is 0 Å². The molecule has 0 radical (unpaired) electrons. The molecule has 2 unspecified atom stereocenters. The summed E-state index contributed by atoms with van der Waals surface area (Å²) in [5.41, 5.74) is 2.68. The molecular formula is C19H22N2O5S. The maximum Gasteiger partial charge on any atom is 0.286 e. The van der Waals surface area contributed by atoms with Crippen molar-refractivity contribution in [2.75, 3.05) is 6.61 Å². The van der Waals surface area contributed by atoms with Crippen molar-refractivity contribution >= 4 is 22.9 Å². The van der Waals surface area contributed by atoms with Crippen LogP contribution in [0.3, 0.4) is 0 Å². The minimum atomic E-state index is -0.516. The maximum absolute atomic E-state index is 11.6. The smallest absolute Gasteiger partial charge is 0.286 e. The van der Waals surface area contributed by atoms with E-state index in [2.05, 4.69) is 10.3 Å². The van der Waals surface area contributed by atoms with Gasteiger partial charge in [-0.25, -0.2) is 0 Å². The first-order valence-electron chi connectivity index (χ1n) is 8.37. The van der Waals surface area contributed by atoms with Crippen molar-refractivity contribution < 1.29 is 24.9 Å². The zero-order valence-electron chi connectivity index (χ0n) is 14.8. The fraction of sp³-hybridized carbons (Fsp3) is 0.316. The number of aliphatic hydroxyl groups is 1. The highest BCUT2D eigenvalue weighted by Crippen LogP contribution is 2.24. The number of amides is 2. The van der Waals surface area contributed by atoms with Crippen LogP contribution in [0, 0.1) is 0 Å². The first-order valence-corrected chi connectivity index (χ1v) is 9.25. The minimum absolute atomic E-state index is 0. The molecule has 2 amide bonds. The lowest BCUT2D eigenvalue weighted by atomic mass is 10.1. The highest BCUT2D eigenvalue weighted by Gasteiger charge is 2.31. The van der Waals surface area contributed by atoms with Crippen molar-refractivity contribution in [3.05, 3.63) is 59.4 Å². The summed E-state index contributed by atoms with van der Waals surface area (Å²) < 4.78 is 5.72. The lowest BCUT2D eigenvalue weighted by Gasteiger charge is -2.09. The van der Waals surface area contributed by atoms with Gasteiger partial charge in [-0.05, 0) is 42.7 Å². The number of ether oxygens (including phenoxy) is 1.